The van der Waals surface area contributed by atoms with Gasteiger partial charge < -0.3 is 19.3 Å². The third kappa shape index (κ3) is 3.88. The maximum atomic E-state index is 14.0. The summed E-state index contributed by atoms with van der Waals surface area (Å²) in [6, 6.07) is 4.49. The predicted molar refractivity (Wildman–Crippen MR) is 114 cm³/mol. The van der Waals surface area contributed by atoms with Crippen molar-refractivity contribution in [3.05, 3.63) is 51.6 Å². The van der Waals surface area contributed by atoms with Gasteiger partial charge in [0.05, 0.1) is 29.9 Å². The van der Waals surface area contributed by atoms with E-state index in [-0.39, 0.29) is 41.4 Å². The first-order valence-corrected chi connectivity index (χ1v) is 10.3. The molecule has 9 nitrogen and oxygen atoms in total. The molecule has 32 heavy (non-hydrogen) atoms. The topological polar surface area (TPSA) is 98.0 Å². The van der Waals surface area contributed by atoms with Crippen LogP contribution in [0.1, 0.15) is 10.4 Å². The maximum Gasteiger partial charge on any atom is 0.286 e. The fourth-order valence-electron chi connectivity index (χ4n) is 3.54. The number of nitro benzene ring substituents is 1. The van der Waals surface area contributed by atoms with Gasteiger partial charge in [0.1, 0.15) is 16.9 Å². The number of thiazole rings is 1. The molecule has 1 saturated heterocycles. The van der Waals surface area contributed by atoms with E-state index in [0.29, 0.717) is 22.9 Å². The van der Waals surface area contributed by atoms with Gasteiger partial charge in [-0.15, -0.1) is 0 Å². The van der Waals surface area contributed by atoms with Gasteiger partial charge >= 0.3 is 0 Å². The molecule has 0 spiro atoms. The first kappa shape index (κ1) is 21.7. The van der Waals surface area contributed by atoms with Crippen LogP contribution in [-0.4, -0.2) is 61.1 Å². The van der Waals surface area contributed by atoms with Crippen molar-refractivity contribution in [3.63, 3.8) is 0 Å². The Morgan fingerprint density at radius 2 is 1.75 bits per heavy atom. The third-order valence-corrected chi connectivity index (χ3v) is 6.23. The predicted octanol–water partition coefficient (Wildman–Crippen LogP) is 3.46. The second kappa shape index (κ2) is 8.54. The number of carbonyl (C=O) groups is 1. The number of nitro groups is 1. The lowest BCUT2D eigenvalue weighted by atomic mass is 10.1. The molecular formula is C20H18F2N4O5S. The summed E-state index contributed by atoms with van der Waals surface area (Å²) in [5.74, 6) is -1.53. The highest BCUT2D eigenvalue weighted by Crippen LogP contribution is 2.36. The monoisotopic (exact) mass is 464 g/mol. The van der Waals surface area contributed by atoms with Crippen LogP contribution in [0.25, 0.3) is 10.2 Å². The lowest BCUT2D eigenvalue weighted by Gasteiger charge is -2.34. The Hall–Kier alpha value is -3.54. The fraction of sp³-hybridized carbons (Fsp3) is 0.300. The Kier molecular flexibility index (Phi) is 5.78. The quantitative estimate of drug-likeness (QED) is 0.421. The number of hydrogen-bond acceptors (Lipinski definition) is 8. The lowest BCUT2D eigenvalue weighted by molar-refractivity contribution is -0.385. The van der Waals surface area contributed by atoms with Gasteiger partial charge in [-0.2, -0.15) is 0 Å². The fourth-order valence-corrected chi connectivity index (χ4v) is 4.60. The molecule has 0 atom stereocenters. The van der Waals surface area contributed by atoms with E-state index in [9.17, 15) is 23.7 Å². The molecule has 1 aromatic heterocycles. The van der Waals surface area contributed by atoms with Gasteiger partial charge in [0.25, 0.3) is 11.6 Å². The zero-order valence-corrected chi connectivity index (χ0v) is 17.9. The first-order chi connectivity index (χ1) is 15.3. The highest BCUT2D eigenvalue weighted by atomic mass is 32.1. The number of anilines is 1. The zero-order valence-electron chi connectivity index (χ0n) is 17.1. The molecule has 1 amide bonds. The molecule has 0 saturated carbocycles. The highest BCUT2D eigenvalue weighted by Gasteiger charge is 2.30. The minimum Gasteiger partial charge on any atom is -0.493 e. The van der Waals surface area contributed by atoms with Crippen molar-refractivity contribution in [1.82, 2.24) is 9.88 Å². The van der Waals surface area contributed by atoms with Crippen molar-refractivity contribution in [2.75, 3.05) is 45.3 Å². The molecular weight excluding hydrogens is 446 g/mol. The van der Waals surface area contributed by atoms with Gasteiger partial charge in [0.2, 0.25) is 0 Å². The minimum atomic E-state index is -0.725. The number of aromatic nitrogens is 1. The van der Waals surface area contributed by atoms with Crippen molar-refractivity contribution in [2.24, 2.45) is 0 Å². The SMILES string of the molecule is COc1cc(C(=O)N2CCN(c3nc4c(F)cc(F)cc4s3)CC2)c([N+](=O)[O-])cc1OC. The van der Waals surface area contributed by atoms with E-state index < -0.39 is 22.5 Å². The van der Waals surface area contributed by atoms with E-state index in [2.05, 4.69) is 4.98 Å². The molecule has 3 aromatic rings. The van der Waals surface area contributed by atoms with Gasteiger partial charge in [0, 0.05) is 38.3 Å². The van der Waals surface area contributed by atoms with E-state index in [1.54, 1.807) is 0 Å². The van der Waals surface area contributed by atoms with Gasteiger partial charge in [-0.1, -0.05) is 11.3 Å². The van der Waals surface area contributed by atoms with Crippen LogP contribution in [-0.2, 0) is 0 Å². The molecule has 0 radical (unpaired) electrons. The van der Waals surface area contributed by atoms with E-state index in [1.807, 2.05) is 4.90 Å². The van der Waals surface area contributed by atoms with Crippen LogP contribution in [0.3, 0.4) is 0 Å². The Morgan fingerprint density at radius 1 is 1.09 bits per heavy atom. The number of benzene rings is 2. The zero-order chi connectivity index (χ0) is 23.0. The summed E-state index contributed by atoms with van der Waals surface area (Å²) in [6.07, 6.45) is 0. The summed E-state index contributed by atoms with van der Waals surface area (Å²) in [5, 5.41) is 12.0. The number of ether oxygens (including phenoxy) is 2. The molecule has 12 heteroatoms. The summed E-state index contributed by atoms with van der Waals surface area (Å²) in [4.78, 5) is 31.6. The molecule has 1 fully saturated rings. The largest absolute Gasteiger partial charge is 0.493 e. The van der Waals surface area contributed by atoms with Gasteiger partial charge in [-0.05, 0) is 6.07 Å². The average molecular weight is 464 g/mol. The van der Waals surface area contributed by atoms with Crippen LogP contribution in [0.5, 0.6) is 11.5 Å². The Bertz CT molecular complexity index is 1210. The van der Waals surface area contributed by atoms with E-state index in [4.69, 9.17) is 9.47 Å². The average Bonchev–Trinajstić information content (AvgIpc) is 3.22. The molecule has 0 aliphatic carbocycles. The number of nitrogens with zero attached hydrogens (tertiary/aromatic N) is 4. The van der Waals surface area contributed by atoms with Crippen LogP contribution in [0.15, 0.2) is 24.3 Å². The third-order valence-electron chi connectivity index (χ3n) is 5.17. The summed E-state index contributed by atoms with van der Waals surface area (Å²) >= 11 is 1.17. The Balaban J connectivity index is 1.54. The number of fused-ring (bicyclic) bond motifs is 1. The summed E-state index contributed by atoms with van der Waals surface area (Å²) in [6.45, 7) is 1.32. The number of carbonyl (C=O) groups excluding carboxylic acids is 1. The number of hydrogen-bond donors (Lipinski definition) is 0. The minimum absolute atomic E-state index is 0.0985. The Morgan fingerprint density at radius 3 is 2.38 bits per heavy atom. The molecule has 1 aliphatic heterocycles. The lowest BCUT2D eigenvalue weighted by Crippen LogP contribution is -2.48. The van der Waals surface area contributed by atoms with Gasteiger partial charge in [-0.3, -0.25) is 14.9 Å². The first-order valence-electron chi connectivity index (χ1n) is 9.52. The van der Waals surface area contributed by atoms with Gasteiger partial charge in [0.15, 0.2) is 22.4 Å². The van der Waals surface area contributed by atoms with Crippen LogP contribution in [0.2, 0.25) is 0 Å². The number of rotatable bonds is 5. The maximum absolute atomic E-state index is 14.0. The highest BCUT2D eigenvalue weighted by molar-refractivity contribution is 7.22. The number of halogens is 2. The smallest absolute Gasteiger partial charge is 0.286 e. The molecule has 0 bridgehead atoms. The van der Waals surface area contributed by atoms with E-state index in [0.717, 1.165) is 12.1 Å². The van der Waals surface area contributed by atoms with Crippen LogP contribution >= 0.6 is 11.3 Å². The van der Waals surface area contributed by atoms with Gasteiger partial charge in [-0.25, -0.2) is 13.8 Å². The number of amides is 1. The molecule has 2 aromatic carbocycles. The van der Waals surface area contributed by atoms with E-state index >= 15 is 0 Å². The standard InChI is InChI=1S/C20H18F2N4O5S/c1-30-15-9-12(14(26(28)29)10-16(15)31-2)19(27)24-3-5-25(6-4-24)20-23-18-13(22)7-11(21)8-17(18)32-20/h7-10H,3-6H2,1-2H3. The second-order valence-corrected chi connectivity index (χ2v) is 8.00. The molecule has 1 aliphatic rings. The van der Waals surface area contributed by atoms with Crippen LogP contribution in [0.4, 0.5) is 19.6 Å². The van der Waals surface area contributed by atoms with Crippen LogP contribution in [0, 0.1) is 21.7 Å². The van der Waals surface area contributed by atoms with Crippen molar-refractivity contribution >= 4 is 38.3 Å². The number of methoxy groups -OCH3 is 2. The van der Waals surface area contributed by atoms with E-state index in [1.165, 1.54) is 42.6 Å². The van der Waals surface area contributed by atoms with Crippen molar-refractivity contribution in [3.8, 4) is 11.5 Å². The second-order valence-electron chi connectivity index (χ2n) is 6.99. The van der Waals surface area contributed by atoms with Crippen molar-refractivity contribution < 1.29 is 28.0 Å². The Labute approximate surface area is 184 Å². The molecule has 2 heterocycles. The molecule has 4 rings (SSSR count). The normalized spacial score (nSPS) is 14.0. The van der Waals surface area contributed by atoms with Crippen LogP contribution < -0.4 is 14.4 Å². The summed E-state index contributed by atoms with van der Waals surface area (Å²) in [7, 11) is 2.73. The van der Waals surface area contributed by atoms with Crippen molar-refractivity contribution in [1.29, 1.82) is 0 Å². The molecule has 0 N–H and O–H groups in total. The molecule has 0 unspecified atom stereocenters. The van der Waals surface area contributed by atoms with Crippen molar-refractivity contribution in [2.45, 2.75) is 0 Å². The number of piperazine rings is 1. The summed E-state index contributed by atoms with van der Waals surface area (Å²) in [5.41, 5.74) is -0.372. The molecule has 168 valence electrons. The summed E-state index contributed by atoms with van der Waals surface area (Å²) < 4.78 is 38.1.